The predicted octanol–water partition coefficient (Wildman–Crippen LogP) is 5.47. The Morgan fingerprint density at radius 1 is 1.03 bits per heavy atom. The number of amides is 1. The minimum atomic E-state index is 0.0592. The third-order valence-electron chi connectivity index (χ3n) is 6.62. The summed E-state index contributed by atoms with van der Waals surface area (Å²) in [5.74, 6) is 0.555. The Bertz CT molecular complexity index is 1450. The van der Waals surface area contributed by atoms with Crippen LogP contribution in [-0.2, 0) is 4.79 Å². The maximum atomic E-state index is 12.6. The topological polar surface area (TPSA) is 112 Å². The molecule has 5 heterocycles. The van der Waals surface area contributed by atoms with Crippen LogP contribution in [0, 0.1) is 5.92 Å². The molecule has 0 unspecified atom stereocenters. The van der Waals surface area contributed by atoms with Crippen LogP contribution in [0.3, 0.4) is 0 Å². The van der Waals surface area contributed by atoms with E-state index in [1.165, 1.54) is 19.3 Å². The number of hydrogen-bond donors (Lipinski definition) is 3. The van der Waals surface area contributed by atoms with E-state index in [1.54, 1.807) is 24.8 Å². The Kier molecular flexibility index (Phi) is 5.25. The van der Waals surface area contributed by atoms with Gasteiger partial charge in [-0.3, -0.25) is 14.9 Å². The molecule has 1 amide bonds. The largest absolute Gasteiger partial charge is 0.338 e. The monoisotopic (exact) mass is 451 g/mol. The quantitative estimate of drug-likeness (QED) is 0.328. The van der Waals surface area contributed by atoms with Crippen LogP contribution in [0.5, 0.6) is 0 Å². The number of fused-ring (bicyclic) bond motifs is 2. The summed E-state index contributed by atoms with van der Waals surface area (Å²) in [5, 5.41) is 12.4. The molecule has 0 aromatic carbocycles. The second-order valence-corrected chi connectivity index (χ2v) is 9.04. The lowest BCUT2D eigenvalue weighted by Crippen LogP contribution is -2.18. The van der Waals surface area contributed by atoms with Crippen LogP contribution in [0.4, 0.5) is 5.69 Å². The number of rotatable bonds is 5. The van der Waals surface area contributed by atoms with E-state index in [1.807, 2.05) is 30.3 Å². The molecule has 170 valence electrons. The maximum absolute atomic E-state index is 12.6. The van der Waals surface area contributed by atoms with Gasteiger partial charge in [-0.2, -0.15) is 5.10 Å². The van der Waals surface area contributed by atoms with Crippen LogP contribution in [-0.4, -0.2) is 36.0 Å². The average molecular weight is 452 g/mol. The van der Waals surface area contributed by atoms with Gasteiger partial charge < -0.3 is 10.3 Å². The fourth-order valence-electron chi connectivity index (χ4n) is 4.89. The molecule has 6 rings (SSSR count). The summed E-state index contributed by atoms with van der Waals surface area (Å²) in [5.41, 5.74) is 5.70. The smallest absolute Gasteiger partial charge is 0.224 e. The molecule has 1 saturated carbocycles. The van der Waals surface area contributed by atoms with Gasteiger partial charge in [0, 0.05) is 46.9 Å². The number of aromatic nitrogens is 6. The number of H-pyrrole nitrogens is 2. The number of pyridine rings is 3. The van der Waals surface area contributed by atoms with Gasteiger partial charge in [0.25, 0.3) is 0 Å². The number of nitrogens with one attached hydrogen (secondary N) is 3. The molecule has 34 heavy (non-hydrogen) atoms. The summed E-state index contributed by atoms with van der Waals surface area (Å²) < 4.78 is 0. The first-order valence-corrected chi connectivity index (χ1v) is 11.8. The van der Waals surface area contributed by atoms with Gasteiger partial charge in [0.1, 0.15) is 5.65 Å². The van der Waals surface area contributed by atoms with E-state index in [4.69, 9.17) is 0 Å². The van der Waals surface area contributed by atoms with Crippen molar-refractivity contribution in [2.45, 2.75) is 38.5 Å². The molecular weight excluding hydrogens is 426 g/mol. The highest BCUT2D eigenvalue weighted by Gasteiger charge is 2.18. The molecule has 5 aromatic rings. The molecular formula is C26H25N7O. The van der Waals surface area contributed by atoms with Crippen LogP contribution in [0.15, 0.2) is 55.1 Å². The molecule has 1 aliphatic rings. The van der Waals surface area contributed by atoms with Crippen molar-refractivity contribution >= 4 is 33.7 Å². The van der Waals surface area contributed by atoms with Gasteiger partial charge in [-0.05, 0) is 49.1 Å². The van der Waals surface area contributed by atoms with E-state index < -0.39 is 0 Å². The van der Waals surface area contributed by atoms with Crippen molar-refractivity contribution in [2.75, 3.05) is 5.32 Å². The molecule has 8 nitrogen and oxygen atoms in total. The van der Waals surface area contributed by atoms with Gasteiger partial charge in [0.2, 0.25) is 5.91 Å². The second-order valence-electron chi connectivity index (χ2n) is 9.04. The molecule has 0 radical (unpaired) electrons. The number of aromatic amines is 2. The molecule has 0 saturated heterocycles. The SMILES string of the molecule is O=C(CC1CCCCC1)Nc1cncc(-c2cnc3n[nH]c(-c4cc5cccnc5[nH]4)c3c2)c1. The molecule has 1 fully saturated rings. The molecule has 1 aliphatic carbocycles. The predicted molar refractivity (Wildman–Crippen MR) is 132 cm³/mol. The molecule has 0 spiro atoms. The lowest BCUT2D eigenvalue weighted by atomic mass is 9.87. The third-order valence-corrected chi connectivity index (χ3v) is 6.62. The van der Waals surface area contributed by atoms with Crippen molar-refractivity contribution in [3.05, 3.63) is 55.1 Å². The summed E-state index contributed by atoms with van der Waals surface area (Å²) in [6.07, 6.45) is 13.7. The van der Waals surface area contributed by atoms with Gasteiger partial charge in [-0.15, -0.1) is 0 Å². The Morgan fingerprint density at radius 3 is 2.79 bits per heavy atom. The van der Waals surface area contributed by atoms with E-state index in [0.29, 0.717) is 23.7 Å². The molecule has 0 bridgehead atoms. The van der Waals surface area contributed by atoms with Gasteiger partial charge in [0.05, 0.1) is 23.3 Å². The van der Waals surface area contributed by atoms with Gasteiger partial charge >= 0.3 is 0 Å². The molecule has 3 N–H and O–H groups in total. The van der Waals surface area contributed by atoms with Crippen molar-refractivity contribution in [3.8, 4) is 22.5 Å². The van der Waals surface area contributed by atoms with E-state index >= 15 is 0 Å². The van der Waals surface area contributed by atoms with Crippen molar-refractivity contribution in [3.63, 3.8) is 0 Å². The highest BCUT2D eigenvalue weighted by Crippen LogP contribution is 2.31. The van der Waals surface area contributed by atoms with Crippen LogP contribution in [0.2, 0.25) is 0 Å². The highest BCUT2D eigenvalue weighted by atomic mass is 16.1. The van der Waals surface area contributed by atoms with E-state index in [2.05, 4.69) is 35.5 Å². The normalized spacial score (nSPS) is 14.6. The number of hydrogen-bond acceptors (Lipinski definition) is 5. The highest BCUT2D eigenvalue weighted by molar-refractivity contribution is 5.96. The van der Waals surface area contributed by atoms with E-state index in [9.17, 15) is 4.79 Å². The summed E-state index contributed by atoms with van der Waals surface area (Å²) in [7, 11) is 0. The molecule has 0 aliphatic heterocycles. The first-order chi connectivity index (χ1) is 16.7. The zero-order chi connectivity index (χ0) is 22.9. The number of carbonyl (C=O) groups is 1. The maximum Gasteiger partial charge on any atom is 0.224 e. The minimum absolute atomic E-state index is 0.0592. The summed E-state index contributed by atoms with van der Waals surface area (Å²) in [6, 6.07) is 9.97. The van der Waals surface area contributed by atoms with Crippen molar-refractivity contribution < 1.29 is 4.79 Å². The molecule has 0 atom stereocenters. The molecule has 5 aromatic heterocycles. The van der Waals surface area contributed by atoms with Crippen LogP contribution in [0.25, 0.3) is 44.6 Å². The van der Waals surface area contributed by atoms with Crippen LogP contribution < -0.4 is 5.32 Å². The standard InChI is InChI=1S/C26H25N7O/c34-23(9-16-5-2-1-3-6-16)30-20-10-18(13-27-15-20)19-11-21-24(32-33-26(21)29-14-19)22-12-17-7-4-8-28-25(17)31-22/h4,7-8,10-16H,1-3,5-6,9H2,(H,28,31)(H,30,34)(H,29,32,33). The summed E-state index contributed by atoms with van der Waals surface area (Å²) in [6.45, 7) is 0. The fraction of sp³-hybridized carbons (Fsp3) is 0.269. The Labute approximate surface area is 196 Å². The number of anilines is 1. The fourth-order valence-corrected chi connectivity index (χ4v) is 4.89. The van der Waals surface area contributed by atoms with Crippen LogP contribution >= 0.6 is 0 Å². The minimum Gasteiger partial charge on any atom is -0.338 e. The summed E-state index contributed by atoms with van der Waals surface area (Å²) >= 11 is 0. The first-order valence-electron chi connectivity index (χ1n) is 11.8. The second kappa shape index (κ2) is 8.70. The van der Waals surface area contributed by atoms with E-state index in [0.717, 1.165) is 51.8 Å². The zero-order valence-corrected chi connectivity index (χ0v) is 18.7. The van der Waals surface area contributed by atoms with Gasteiger partial charge in [-0.1, -0.05) is 19.3 Å². The summed E-state index contributed by atoms with van der Waals surface area (Å²) in [4.78, 5) is 29.2. The number of carbonyl (C=O) groups excluding carboxylic acids is 1. The number of nitrogens with zero attached hydrogens (tertiary/aromatic N) is 4. The van der Waals surface area contributed by atoms with Gasteiger partial charge in [0.15, 0.2) is 5.65 Å². The van der Waals surface area contributed by atoms with Crippen molar-refractivity contribution in [1.29, 1.82) is 0 Å². The van der Waals surface area contributed by atoms with Crippen molar-refractivity contribution in [1.82, 2.24) is 30.1 Å². The average Bonchev–Trinajstić information content (AvgIpc) is 3.48. The Balaban J connectivity index is 1.27. The van der Waals surface area contributed by atoms with Crippen molar-refractivity contribution in [2.24, 2.45) is 5.92 Å². The lowest BCUT2D eigenvalue weighted by Gasteiger charge is -2.20. The Morgan fingerprint density at radius 2 is 1.91 bits per heavy atom. The van der Waals surface area contributed by atoms with Crippen LogP contribution in [0.1, 0.15) is 38.5 Å². The van der Waals surface area contributed by atoms with Gasteiger partial charge in [-0.25, -0.2) is 9.97 Å². The Hall–Kier alpha value is -4.07. The first kappa shape index (κ1) is 20.5. The molecule has 8 heteroatoms. The third kappa shape index (κ3) is 4.03. The van der Waals surface area contributed by atoms with E-state index in [-0.39, 0.29) is 5.91 Å². The lowest BCUT2D eigenvalue weighted by molar-refractivity contribution is -0.117. The zero-order valence-electron chi connectivity index (χ0n) is 18.7.